The van der Waals surface area contributed by atoms with Gasteiger partial charge in [-0.25, -0.2) is 0 Å². The number of non-ortho nitro benzene ring substituents is 1. The van der Waals surface area contributed by atoms with Crippen LogP contribution in [0.4, 0.5) is 11.4 Å². The van der Waals surface area contributed by atoms with Crippen molar-refractivity contribution in [1.82, 2.24) is 0 Å². The topological polar surface area (TPSA) is 82.9 Å². The van der Waals surface area contributed by atoms with E-state index in [4.69, 9.17) is 14.2 Å². The van der Waals surface area contributed by atoms with Gasteiger partial charge in [-0.05, 0) is 17.7 Å². The van der Waals surface area contributed by atoms with E-state index < -0.39 is 4.92 Å². The van der Waals surface area contributed by atoms with Gasteiger partial charge in [0.2, 0.25) is 0 Å². The molecule has 0 spiro atoms. The Bertz CT molecular complexity index is 673. The third-order valence-electron chi connectivity index (χ3n) is 3.31. The normalized spacial score (nSPS) is 10.2. The van der Waals surface area contributed by atoms with Crippen LogP contribution in [0.3, 0.4) is 0 Å². The van der Waals surface area contributed by atoms with Gasteiger partial charge in [0.1, 0.15) is 18.1 Å². The van der Waals surface area contributed by atoms with Crippen LogP contribution in [0.15, 0.2) is 42.5 Å². The number of anilines is 1. The molecule has 0 amide bonds. The SMILES string of the molecule is COCCOc1cc(NCc2ccc(OC)cc2)cc([N+](=O)[O-])c1. The molecule has 0 aliphatic rings. The monoisotopic (exact) mass is 332 g/mol. The second-order valence-corrected chi connectivity index (χ2v) is 5.02. The molecule has 2 rings (SSSR count). The Labute approximate surface area is 140 Å². The Morgan fingerprint density at radius 2 is 1.79 bits per heavy atom. The zero-order valence-corrected chi connectivity index (χ0v) is 13.7. The zero-order valence-electron chi connectivity index (χ0n) is 13.7. The molecule has 0 aromatic heterocycles. The fourth-order valence-electron chi connectivity index (χ4n) is 2.06. The van der Waals surface area contributed by atoms with Gasteiger partial charge in [0.25, 0.3) is 5.69 Å². The Balaban J connectivity index is 2.07. The van der Waals surface area contributed by atoms with Crippen LogP contribution in [0.25, 0.3) is 0 Å². The highest BCUT2D eigenvalue weighted by Crippen LogP contribution is 2.26. The number of ether oxygens (including phenoxy) is 3. The zero-order chi connectivity index (χ0) is 17.4. The third kappa shape index (κ3) is 5.13. The van der Waals surface area contributed by atoms with Gasteiger partial charge < -0.3 is 19.5 Å². The highest BCUT2D eigenvalue weighted by molar-refractivity contribution is 5.56. The van der Waals surface area contributed by atoms with Crippen molar-refractivity contribution < 1.29 is 19.1 Å². The molecule has 0 fully saturated rings. The molecule has 24 heavy (non-hydrogen) atoms. The molecular weight excluding hydrogens is 312 g/mol. The van der Waals surface area contributed by atoms with Crippen molar-refractivity contribution in [2.45, 2.75) is 6.54 Å². The van der Waals surface area contributed by atoms with Gasteiger partial charge in [0, 0.05) is 31.5 Å². The van der Waals surface area contributed by atoms with Crippen LogP contribution >= 0.6 is 0 Å². The van der Waals surface area contributed by atoms with E-state index in [0.717, 1.165) is 11.3 Å². The molecule has 128 valence electrons. The minimum atomic E-state index is -0.443. The predicted molar refractivity (Wildman–Crippen MR) is 90.8 cm³/mol. The number of nitrogens with zero attached hydrogens (tertiary/aromatic N) is 1. The number of hydrogen-bond donors (Lipinski definition) is 1. The highest BCUT2D eigenvalue weighted by atomic mass is 16.6. The summed E-state index contributed by atoms with van der Waals surface area (Å²) < 4.78 is 15.5. The number of nitro groups is 1. The van der Waals surface area contributed by atoms with E-state index in [9.17, 15) is 10.1 Å². The second kappa shape index (κ2) is 8.73. The van der Waals surface area contributed by atoms with Gasteiger partial charge in [-0.1, -0.05) is 12.1 Å². The Morgan fingerprint density at radius 1 is 1.04 bits per heavy atom. The van der Waals surface area contributed by atoms with Gasteiger partial charge >= 0.3 is 0 Å². The maximum atomic E-state index is 11.1. The molecule has 0 unspecified atom stereocenters. The quantitative estimate of drug-likeness (QED) is 0.431. The molecular formula is C17H20N2O5. The van der Waals surface area contributed by atoms with E-state index in [-0.39, 0.29) is 5.69 Å². The summed E-state index contributed by atoms with van der Waals surface area (Å²) in [6.07, 6.45) is 0. The molecule has 0 radical (unpaired) electrons. The van der Waals surface area contributed by atoms with Crippen molar-refractivity contribution in [3.8, 4) is 11.5 Å². The van der Waals surface area contributed by atoms with E-state index in [1.54, 1.807) is 20.3 Å². The highest BCUT2D eigenvalue weighted by Gasteiger charge is 2.11. The van der Waals surface area contributed by atoms with Crippen LogP contribution in [-0.2, 0) is 11.3 Å². The van der Waals surface area contributed by atoms with Crippen molar-refractivity contribution in [3.63, 3.8) is 0 Å². The lowest BCUT2D eigenvalue weighted by Gasteiger charge is -2.10. The standard InChI is InChI=1S/C17H20N2O5/c1-22-7-8-24-17-10-14(9-15(11-17)19(20)21)18-12-13-3-5-16(23-2)6-4-13/h3-6,9-11,18H,7-8,12H2,1-2H3. The lowest BCUT2D eigenvalue weighted by molar-refractivity contribution is -0.384. The van der Waals surface area contributed by atoms with Crippen molar-refractivity contribution in [2.24, 2.45) is 0 Å². The van der Waals surface area contributed by atoms with E-state index >= 15 is 0 Å². The average molecular weight is 332 g/mol. The van der Waals surface area contributed by atoms with Gasteiger partial charge in [-0.2, -0.15) is 0 Å². The lowest BCUT2D eigenvalue weighted by Crippen LogP contribution is -2.06. The molecule has 2 aromatic rings. The maximum absolute atomic E-state index is 11.1. The van der Waals surface area contributed by atoms with E-state index in [0.29, 0.717) is 31.2 Å². The summed E-state index contributed by atoms with van der Waals surface area (Å²) in [6.45, 7) is 1.27. The summed E-state index contributed by atoms with van der Waals surface area (Å²) in [5.74, 6) is 1.21. The molecule has 7 heteroatoms. The predicted octanol–water partition coefficient (Wildman–Crippen LogP) is 3.24. The van der Waals surface area contributed by atoms with Crippen LogP contribution in [0.5, 0.6) is 11.5 Å². The number of hydrogen-bond acceptors (Lipinski definition) is 6. The van der Waals surface area contributed by atoms with Gasteiger partial charge in [-0.15, -0.1) is 0 Å². The van der Waals surface area contributed by atoms with Crippen LogP contribution in [0, 0.1) is 10.1 Å². The first kappa shape index (κ1) is 17.6. The summed E-state index contributed by atoms with van der Waals surface area (Å²) in [4.78, 5) is 10.6. The first-order chi connectivity index (χ1) is 11.6. The maximum Gasteiger partial charge on any atom is 0.275 e. The van der Waals surface area contributed by atoms with Crippen LogP contribution in [0.1, 0.15) is 5.56 Å². The third-order valence-corrected chi connectivity index (χ3v) is 3.31. The van der Waals surface area contributed by atoms with Crippen LogP contribution in [-0.4, -0.2) is 32.4 Å². The Hall–Kier alpha value is -2.80. The largest absolute Gasteiger partial charge is 0.497 e. The van der Waals surface area contributed by atoms with Gasteiger partial charge in [0.05, 0.1) is 24.7 Å². The number of nitro benzene ring substituents is 1. The van der Waals surface area contributed by atoms with E-state index in [1.165, 1.54) is 12.1 Å². The Kier molecular flexibility index (Phi) is 6.39. The van der Waals surface area contributed by atoms with E-state index in [2.05, 4.69) is 5.32 Å². The molecule has 1 N–H and O–H groups in total. The smallest absolute Gasteiger partial charge is 0.275 e. The molecule has 7 nitrogen and oxygen atoms in total. The average Bonchev–Trinajstić information content (AvgIpc) is 2.60. The first-order valence-electron chi connectivity index (χ1n) is 7.40. The fraction of sp³-hybridized carbons (Fsp3) is 0.294. The van der Waals surface area contributed by atoms with Crippen molar-refractivity contribution in [2.75, 3.05) is 32.8 Å². The minimum absolute atomic E-state index is 0.0258. The minimum Gasteiger partial charge on any atom is -0.497 e. The molecule has 0 heterocycles. The molecule has 0 bridgehead atoms. The second-order valence-electron chi connectivity index (χ2n) is 5.02. The van der Waals surface area contributed by atoms with Gasteiger partial charge in [0.15, 0.2) is 0 Å². The van der Waals surface area contributed by atoms with Crippen LogP contribution < -0.4 is 14.8 Å². The number of rotatable bonds is 9. The molecule has 2 aromatic carbocycles. The summed E-state index contributed by atoms with van der Waals surface area (Å²) in [5, 5.41) is 14.2. The number of methoxy groups -OCH3 is 2. The fourth-order valence-corrected chi connectivity index (χ4v) is 2.06. The summed E-state index contributed by atoms with van der Waals surface area (Å²) >= 11 is 0. The van der Waals surface area contributed by atoms with Crippen LogP contribution in [0.2, 0.25) is 0 Å². The van der Waals surface area contributed by atoms with Crippen molar-refractivity contribution >= 4 is 11.4 Å². The molecule has 0 aliphatic heterocycles. The number of benzene rings is 2. The van der Waals surface area contributed by atoms with Crippen molar-refractivity contribution in [3.05, 3.63) is 58.1 Å². The molecule has 0 atom stereocenters. The van der Waals surface area contributed by atoms with Gasteiger partial charge in [-0.3, -0.25) is 10.1 Å². The Morgan fingerprint density at radius 3 is 2.42 bits per heavy atom. The summed E-state index contributed by atoms with van der Waals surface area (Å²) in [6, 6.07) is 12.2. The first-order valence-corrected chi connectivity index (χ1v) is 7.40. The summed E-state index contributed by atoms with van der Waals surface area (Å²) in [5.41, 5.74) is 1.62. The van der Waals surface area contributed by atoms with E-state index in [1.807, 2.05) is 24.3 Å². The lowest BCUT2D eigenvalue weighted by atomic mass is 10.2. The van der Waals surface area contributed by atoms with Crippen molar-refractivity contribution in [1.29, 1.82) is 0 Å². The number of nitrogens with one attached hydrogen (secondary N) is 1. The summed E-state index contributed by atoms with van der Waals surface area (Å²) in [7, 11) is 3.18. The molecule has 0 aliphatic carbocycles. The molecule has 0 saturated heterocycles. The molecule has 0 saturated carbocycles.